The largest absolute Gasteiger partial charge is 0.387 e. The molecule has 25 heavy (non-hydrogen) atoms. The van der Waals surface area contributed by atoms with Crippen LogP contribution in [0.1, 0.15) is 24.8 Å². The lowest BCUT2D eigenvalue weighted by atomic mass is 10.00. The van der Waals surface area contributed by atoms with E-state index in [0.29, 0.717) is 19.5 Å². The maximum Gasteiger partial charge on any atom is 0.250 e. The third-order valence-corrected chi connectivity index (χ3v) is 4.85. The van der Waals surface area contributed by atoms with Crippen molar-refractivity contribution in [1.82, 2.24) is 14.8 Å². The van der Waals surface area contributed by atoms with Crippen molar-refractivity contribution >= 4 is 12.0 Å². The highest BCUT2D eigenvalue weighted by atomic mass is 19.3. The molecule has 2 aliphatic heterocycles. The van der Waals surface area contributed by atoms with Gasteiger partial charge in [-0.2, -0.15) is 0 Å². The lowest BCUT2D eigenvalue weighted by molar-refractivity contribution is -0.126. The van der Waals surface area contributed by atoms with Crippen molar-refractivity contribution in [3.8, 4) is 0 Å². The third-order valence-electron chi connectivity index (χ3n) is 4.85. The van der Waals surface area contributed by atoms with Gasteiger partial charge in [0.1, 0.15) is 0 Å². The summed E-state index contributed by atoms with van der Waals surface area (Å²) >= 11 is 0. The summed E-state index contributed by atoms with van der Waals surface area (Å²) in [5.41, 5.74) is -0.190. The Labute approximate surface area is 146 Å². The summed E-state index contributed by atoms with van der Waals surface area (Å²) in [6.45, 7) is 1.60. The number of rotatable bonds is 4. The van der Waals surface area contributed by atoms with Crippen LogP contribution in [0.3, 0.4) is 0 Å². The SMILES string of the molecule is O=C(/C=C/c1cccnc1)N1CC[C@@](O)(CN2CCC(F)(F)CC2)C1. The van der Waals surface area contributed by atoms with Crippen molar-refractivity contribution in [3.05, 3.63) is 36.2 Å². The number of hydrogen-bond acceptors (Lipinski definition) is 4. The molecule has 1 atom stereocenters. The van der Waals surface area contributed by atoms with Crippen LogP contribution in [-0.4, -0.2) is 70.0 Å². The second kappa shape index (κ2) is 7.17. The van der Waals surface area contributed by atoms with Crippen LogP contribution in [0.4, 0.5) is 8.78 Å². The van der Waals surface area contributed by atoms with Gasteiger partial charge in [0.15, 0.2) is 0 Å². The Hall–Kier alpha value is -1.86. The van der Waals surface area contributed by atoms with Crippen molar-refractivity contribution in [1.29, 1.82) is 0 Å². The van der Waals surface area contributed by atoms with Gasteiger partial charge in [0.2, 0.25) is 5.91 Å². The fourth-order valence-corrected chi connectivity index (χ4v) is 3.38. The Morgan fingerprint density at radius 1 is 1.28 bits per heavy atom. The zero-order valence-electron chi connectivity index (χ0n) is 14.1. The standard InChI is InChI=1S/C18H23F2N3O2/c19-18(20)6-9-22(10-7-18)13-17(25)5-11-23(14-17)16(24)4-3-15-2-1-8-21-12-15/h1-4,8,12,25H,5-7,9-11,13-14H2/b4-3+/t17-/m1/s1. The third kappa shape index (κ3) is 4.83. The van der Waals surface area contributed by atoms with E-state index in [1.165, 1.54) is 6.08 Å². The molecule has 3 rings (SSSR count). The second-order valence-electron chi connectivity index (χ2n) is 6.99. The number of piperidine rings is 1. The van der Waals surface area contributed by atoms with Crippen molar-refractivity contribution in [2.75, 3.05) is 32.7 Å². The van der Waals surface area contributed by atoms with E-state index >= 15 is 0 Å². The molecule has 1 amide bonds. The topological polar surface area (TPSA) is 56.7 Å². The summed E-state index contributed by atoms with van der Waals surface area (Å²) in [6.07, 6.45) is 6.63. The van der Waals surface area contributed by atoms with E-state index in [1.807, 2.05) is 11.0 Å². The van der Waals surface area contributed by atoms with Gasteiger partial charge in [-0.3, -0.25) is 14.7 Å². The average Bonchev–Trinajstić information content (AvgIpc) is 2.98. The van der Waals surface area contributed by atoms with Crippen LogP contribution in [0, 0.1) is 0 Å². The fourth-order valence-electron chi connectivity index (χ4n) is 3.38. The number of aliphatic hydroxyl groups is 1. The molecule has 0 spiro atoms. The number of amides is 1. The van der Waals surface area contributed by atoms with Crippen LogP contribution >= 0.6 is 0 Å². The monoisotopic (exact) mass is 351 g/mol. The van der Waals surface area contributed by atoms with Gasteiger partial charge in [-0.05, 0) is 24.1 Å². The number of β-amino-alcohol motifs (C(OH)–C–C–N with tert-alkyl or cyclic N) is 1. The summed E-state index contributed by atoms with van der Waals surface area (Å²) < 4.78 is 26.5. The van der Waals surface area contributed by atoms with Gasteiger partial charge in [-0.1, -0.05) is 6.07 Å². The van der Waals surface area contributed by atoms with Gasteiger partial charge in [0, 0.05) is 57.5 Å². The first-order valence-corrected chi connectivity index (χ1v) is 8.55. The van der Waals surface area contributed by atoms with Gasteiger partial charge in [-0.25, -0.2) is 8.78 Å². The van der Waals surface area contributed by atoms with Crippen molar-refractivity contribution < 1.29 is 18.7 Å². The maximum absolute atomic E-state index is 13.2. The number of carbonyl (C=O) groups excluding carboxylic acids is 1. The molecule has 0 aromatic carbocycles. The summed E-state index contributed by atoms with van der Waals surface area (Å²) in [6, 6.07) is 3.64. The van der Waals surface area contributed by atoms with Crippen LogP contribution in [-0.2, 0) is 4.79 Å². The van der Waals surface area contributed by atoms with Crippen LogP contribution in [0.5, 0.6) is 0 Å². The number of pyridine rings is 1. The predicted octanol–water partition coefficient (Wildman–Crippen LogP) is 1.79. The molecule has 2 fully saturated rings. The smallest absolute Gasteiger partial charge is 0.250 e. The Morgan fingerprint density at radius 3 is 2.72 bits per heavy atom. The molecule has 2 aliphatic rings. The zero-order valence-corrected chi connectivity index (χ0v) is 14.1. The fraction of sp³-hybridized carbons (Fsp3) is 0.556. The number of carbonyl (C=O) groups is 1. The van der Waals surface area contributed by atoms with Crippen LogP contribution < -0.4 is 0 Å². The number of alkyl halides is 2. The molecule has 1 aromatic heterocycles. The molecule has 136 valence electrons. The van der Waals surface area contributed by atoms with Gasteiger partial charge < -0.3 is 10.0 Å². The first kappa shape index (κ1) is 17.9. The molecule has 1 aromatic rings. The van der Waals surface area contributed by atoms with Crippen LogP contribution in [0.2, 0.25) is 0 Å². The molecule has 1 N–H and O–H groups in total. The van der Waals surface area contributed by atoms with E-state index in [2.05, 4.69) is 4.98 Å². The van der Waals surface area contributed by atoms with Gasteiger partial charge in [-0.15, -0.1) is 0 Å². The highest BCUT2D eigenvalue weighted by Crippen LogP contribution is 2.30. The maximum atomic E-state index is 13.2. The molecule has 0 unspecified atom stereocenters. The molecular weight excluding hydrogens is 328 g/mol. The second-order valence-corrected chi connectivity index (χ2v) is 6.99. The first-order chi connectivity index (χ1) is 11.9. The number of aromatic nitrogens is 1. The minimum absolute atomic E-state index is 0.162. The summed E-state index contributed by atoms with van der Waals surface area (Å²) in [5, 5.41) is 10.7. The van der Waals surface area contributed by atoms with E-state index in [1.54, 1.807) is 29.4 Å². The van der Waals surface area contributed by atoms with E-state index < -0.39 is 11.5 Å². The van der Waals surface area contributed by atoms with Crippen LogP contribution in [0.25, 0.3) is 6.08 Å². The van der Waals surface area contributed by atoms with Crippen molar-refractivity contribution in [3.63, 3.8) is 0 Å². The molecule has 2 saturated heterocycles. The van der Waals surface area contributed by atoms with E-state index in [9.17, 15) is 18.7 Å². The average molecular weight is 351 g/mol. The molecule has 0 aliphatic carbocycles. The number of halogens is 2. The molecule has 7 heteroatoms. The number of hydrogen-bond donors (Lipinski definition) is 1. The Balaban J connectivity index is 1.52. The zero-order chi connectivity index (χ0) is 17.9. The van der Waals surface area contributed by atoms with E-state index in [0.717, 1.165) is 5.56 Å². The van der Waals surface area contributed by atoms with E-state index in [-0.39, 0.29) is 38.4 Å². The summed E-state index contributed by atoms with van der Waals surface area (Å²) in [4.78, 5) is 19.7. The lowest BCUT2D eigenvalue weighted by Crippen LogP contribution is -2.49. The molecule has 0 radical (unpaired) electrons. The first-order valence-electron chi connectivity index (χ1n) is 8.55. The number of nitrogens with zero attached hydrogens (tertiary/aromatic N) is 3. The normalized spacial score (nSPS) is 27.1. The Kier molecular flexibility index (Phi) is 5.15. The molecule has 5 nitrogen and oxygen atoms in total. The highest BCUT2D eigenvalue weighted by molar-refractivity contribution is 5.92. The number of likely N-dealkylation sites (tertiary alicyclic amines) is 2. The van der Waals surface area contributed by atoms with Gasteiger partial charge >= 0.3 is 0 Å². The van der Waals surface area contributed by atoms with E-state index in [4.69, 9.17) is 0 Å². The lowest BCUT2D eigenvalue weighted by Gasteiger charge is -2.36. The van der Waals surface area contributed by atoms with Crippen molar-refractivity contribution in [2.45, 2.75) is 30.8 Å². The molecule has 3 heterocycles. The Bertz CT molecular complexity index is 628. The van der Waals surface area contributed by atoms with Crippen molar-refractivity contribution in [2.24, 2.45) is 0 Å². The van der Waals surface area contributed by atoms with Gasteiger partial charge in [0.05, 0.1) is 12.1 Å². The highest BCUT2D eigenvalue weighted by Gasteiger charge is 2.41. The molecule has 0 saturated carbocycles. The summed E-state index contributed by atoms with van der Waals surface area (Å²) in [5.74, 6) is -2.75. The minimum Gasteiger partial charge on any atom is -0.387 e. The van der Waals surface area contributed by atoms with Crippen LogP contribution in [0.15, 0.2) is 30.6 Å². The quantitative estimate of drug-likeness (QED) is 0.841. The molecule has 0 bridgehead atoms. The predicted molar refractivity (Wildman–Crippen MR) is 90.0 cm³/mol. The Morgan fingerprint density at radius 2 is 2.04 bits per heavy atom. The minimum atomic E-state index is -2.59. The summed E-state index contributed by atoms with van der Waals surface area (Å²) in [7, 11) is 0. The van der Waals surface area contributed by atoms with Gasteiger partial charge in [0.25, 0.3) is 5.92 Å². The molecular formula is C18H23F2N3O2.